The molecule has 7 heteroatoms. The van der Waals surface area contributed by atoms with Crippen molar-refractivity contribution in [1.29, 1.82) is 0 Å². The van der Waals surface area contributed by atoms with E-state index in [1.807, 2.05) is 0 Å². The Balaban J connectivity index is 2.98. The van der Waals surface area contributed by atoms with Gasteiger partial charge in [0.15, 0.2) is 5.52 Å². The molecule has 0 radical (unpaired) electrons. The van der Waals surface area contributed by atoms with E-state index in [0.717, 1.165) is 0 Å². The number of hydrogen-bond acceptors (Lipinski definition) is 3. The maximum Gasteiger partial charge on any atom is 0.322 e. The van der Waals surface area contributed by atoms with Crippen LogP contribution in [0.15, 0.2) is 9.53 Å². The van der Waals surface area contributed by atoms with E-state index >= 15 is 0 Å². The molecular weight excluding hydrogens is 226 g/mol. The van der Waals surface area contributed by atoms with Crippen molar-refractivity contribution in [2.75, 3.05) is 5.73 Å². The summed E-state index contributed by atoms with van der Waals surface area (Å²) >= 11 is 3.10. The Bertz CT molecular complexity index is 486. The van der Waals surface area contributed by atoms with Gasteiger partial charge in [-0.15, -0.1) is 4.98 Å². The summed E-state index contributed by atoms with van der Waals surface area (Å²) in [4.78, 5) is 22.9. The molecule has 2 aromatic rings. The SMILES string of the molecule is Nc1[nH]c(=O)c2[nH]c(Br)nc2[nH+]1. The second kappa shape index (κ2) is 2.31. The van der Waals surface area contributed by atoms with Crippen LogP contribution in [0, 0.1) is 0 Å². The molecule has 0 amide bonds. The van der Waals surface area contributed by atoms with Crippen LogP contribution < -0.4 is 16.3 Å². The smallest absolute Gasteiger partial charge is 0.313 e. The molecule has 0 aliphatic rings. The van der Waals surface area contributed by atoms with Crippen LogP contribution >= 0.6 is 15.9 Å². The van der Waals surface area contributed by atoms with E-state index < -0.39 is 0 Å². The fourth-order valence-electron chi connectivity index (χ4n) is 0.943. The number of hydrogen-bond donors (Lipinski definition) is 3. The molecule has 0 spiro atoms. The van der Waals surface area contributed by atoms with E-state index in [2.05, 4.69) is 35.9 Å². The van der Waals surface area contributed by atoms with Gasteiger partial charge in [-0.2, -0.15) is 0 Å². The predicted octanol–water partition coefficient (Wildman–Crippen LogP) is -0.590. The van der Waals surface area contributed by atoms with E-state index in [0.29, 0.717) is 15.9 Å². The van der Waals surface area contributed by atoms with E-state index in [-0.39, 0.29) is 11.5 Å². The molecular formula is C5H5BrN5O+. The Kier molecular flexibility index (Phi) is 1.40. The third kappa shape index (κ3) is 0.981. The van der Waals surface area contributed by atoms with Gasteiger partial charge in [0.1, 0.15) is 0 Å². The topological polar surface area (TPSA) is 102 Å². The van der Waals surface area contributed by atoms with Crippen LogP contribution in [-0.2, 0) is 0 Å². The zero-order valence-corrected chi connectivity index (χ0v) is 7.40. The second-order valence-corrected chi connectivity index (χ2v) is 3.00. The minimum atomic E-state index is -0.292. The van der Waals surface area contributed by atoms with Crippen molar-refractivity contribution in [3.63, 3.8) is 0 Å². The molecule has 5 N–H and O–H groups in total. The highest BCUT2D eigenvalue weighted by Crippen LogP contribution is 2.06. The fraction of sp³-hybridized carbons (Fsp3) is 0. The quantitative estimate of drug-likeness (QED) is 0.528. The number of halogens is 1. The highest BCUT2D eigenvalue weighted by molar-refractivity contribution is 9.10. The Hall–Kier alpha value is -1.37. The molecule has 0 aromatic carbocycles. The van der Waals surface area contributed by atoms with Crippen molar-refractivity contribution < 1.29 is 4.98 Å². The number of nitrogen functional groups attached to an aromatic ring is 1. The minimum Gasteiger partial charge on any atom is -0.313 e. The molecule has 0 aliphatic heterocycles. The van der Waals surface area contributed by atoms with E-state index in [1.165, 1.54) is 0 Å². The summed E-state index contributed by atoms with van der Waals surface area (Å²) in [5.74, 6) is 0.187. The first kappa shape index (κ1) is 7.29. The number of imidazole rings is 1. The predicted molar refractivity (Wildman–Crippen MR) is 45.4 cm³/mol. The van der Waals surface area contributed by atoms with Gasteiger partial charge in [0, 0.05) is 15.9 Å². The van der Waals surface area contributed by atoms with Crippen molar-refractivity contribution in [1.82, 2.24) is 15.0 Å². The Labute approximate surface area is 74.4 Å². The molecule has 0 saturated carbocycles. The van der Waals surface area contributed by atoms with Gasteiger partial charge in [0.25, 0.3) is 5.65 Å². The van der Waals surface area contributed by atoms with Gasteiger partial charge in [-0.1, -0.05) is 0 Å². The molecule has 2 aromatic heterocycles. The van der Waals surface area contributed by atoms with Crippen molar-refractivity contribution >= 4 is 33.0 Å². The van der Waals surface area contributed by atoms with Crippen molar-refractivity contribution in [3.8, 4) is 0 Å². The fourth-order valence-corrected chi connectivity index (χ4v) is 1.32. The summed E-state index contributed by atoms with van der Waals surface area (Å²) in [7, 11) is 0. The van der Waals surface area contributed by atoms with Gasteiger partial charge in [-0.25, -0.2) is 9.97 Å². The van der Waals surface area contributed by atoms with E-state index in [9.17, 15) is 4.79 Å². The third-order valence-corrected chi connectivity index (χ3v) is 1.78. The van der Waals surface area contributed by atoms with E-state index in [1.54, 1.807) is 0 Å². The number of nitrogens with zero attached hydrogens (tertiary/aromatic N) is 1. The van der Waals surface area contributed by atoms with Gasteiger partial charge in [-0.05, 0) is 0 Å². The molecule has 0 bridgehead atoms. The van der Waals surface area contributed by atoms with Crippen LogP contribution in [0.25, 0.3) is 11.2 Å². The Morgan fingerprint density at radius 3 is 3.00 bits per heavy atom. The first-order valence-corrected chi connectivity index (χ1v) is 3.92. The van der Waals surface area contributed by atoms with Gasteiger partial charge in [-0.3, -0.25) is 4.79 Å². The van der Waals surface area contributed by atoms with Gasteiger partial charge in [0.2, 0.25) is 4.73 Å². The maximum atomic E-state index is 11.2. The lowest BCUT2D eigenvalue weighted by Crippen LogP contribution is -2.21. The summed E-state index contributed by atoms with van der Waals surface area (Å²) in [5, 5.41) is 0. The molecule has 0 saturated heterocycles. The largest absolute Gasteiger partial charge is 0.322 e. The Morgan fingerprint density at radius 2 is 2.25 bits per heavy atom. The number of aromatic amines is 3. The number of aromatic nitrogens is 4. The van der Waals surface area contributed by atoms with Crippen LogP contribution in [0.5, 0.6) is 0 Å². The lowest BCUT2D eigenvalue weighted by atomic mass is 10.5. The molecule has 0 aliphatic carbocycles. The van der Waals surface area contributed by atoms with Crippen molar-refractivity contribution in [2.24, 2.45) is 0 Å². The highest BCUT2D eigenvalue weighted by Gasteiger charge is 2.10. The number of nitrogens with two attached hydrogens (primary N) is 1. The number of anilines is 1. The number of nitrogens with one attached hydrogen (secondary N) is 3. The molecule has 0 fully saturated rings. The second-order valence-electron chi connectivity index (χ2n) is 2.24. The third-order valence-electron chi connectivity index (χ3n) is 1.40. The maximum absolute atomic E-state index is 11.2. The lowest BCUT2D eigenvalue weighted by molar-refractivity contribution is -0.333. The van der Waals surface area contributed by atoms with Crippen LogP contribution in [-0.4, -0.2) is 15.0 Å². The summed E-state index contributed by atoms with van der Waals surface area (Å²) in [5.41, 5.74) is 5.87. The summed E-state index contributed by atoms with van der Waals surface area (Å²) in [6.45, 7) is 0. The lowest BCUT2D eigenvalue weighted by Gasteiger charge is -1.84. The van der Waals surface area contributed by atoms with Crippen molar-refractivity contribution in [2.45, 2.75) is 0 Å². The zero-order chi connectivity index (χ0) is 8.72. The average molecular weight is 231 g/mol. The first-order valence-electron chi connectivity index (χ1n) is 3.13. The summed E-state index contributed by atoms with van der Waals surface area (Å²) < 4.78 is 0.491. The number of fused-ring (bicyclic) bond motifs is 1. The van der Waals surface area contributed by atoms with Crippen LogP contribution in [0.4, 0.5) is 5.95 Å². The van der Waals surface area contributed by atoms with E-state index in [4.69, 9.17) is 5.73 Å². The van der Waals surface area contributed by atoms with Crippen molar-refractivity contribution in [3.05, 3.63) is 15.1 Å². The first-order chi connectivity index (χ1) is 5.66. The van der Waals surface area contributed by atoms with Gasteiger partial charge < -0.3 is 10.7 Å². The molecule has 0 atom stereocenters. The molecule has 6 nitrogen and oxygen atoms in total. The Morgan fingerprint density at radius 1 is 1.50 bits per heavy atom. The average Bonchev–Trinajstić information content (AvgIpc) is 2.29. The van der Waals surface area contributed by atoms with Crippen LogP contribution in [0.3, 0.4) is 0 Å². The molecule has 0 unspecified atom stereocenters. The number of H-pyrrole nitrogens is 3. The summed E-state index contributed by atoms with van der Waals surface area (Å²) in [6.07, 6.45) is 0. The molecule has 2 heterocycles. The molecule has 62 valence electrons. The monoisotopic (exact) mass is 230 g/mol. The van der Waals surface area contributed by atoms with Crippen LogP contribution in [0.1, 0.15) is 0 Å². The van der Waals surface area contributed by atoms with Crippen LogP contribution in [0.2, 0.25) is 0 Å². The highest BCUT2D eigenvalue weighted by atomic mass is 79.9. The standard InChI is InChI=1S/C5H4BrN5O/c6-4-8-1-2(9-4)10-5(7)11-3(1)12/h(H4,7,8,9,10,11,12)/p+1. The summed E-state index contributed by atoms with van der Waals surface area (Å²) in [6, 6.07) is 0. The molecule has 12 heavy (non-hydrogen) atoms. The zero-order valence-electron chi connectivity index (χ0n) is 5.81. The minimum absolute atomic E-state index is 0.187. The number of rotatable bonds is 0. The van der Waals surface area contributed by atoms with Gasteiger partial charge in [0.05, 0.1) is 0 Å². The molecule has 2 rings (SSSR count). The van der Waals surface area contributed by atoms with Gasteiger partial charge >= 0.3 is 11.5 Å². The normalized spacial score (nSPS) is 10.8.